The van der Waals surface area contributed by atoms with E-state index in [9.17, 15) is 13.2 Å². The number of aliphatic hydroxyl groups is 1. The smallest absolute Gasteiger partial charge is 0.437 e. The highest BCUT2D eigenvalue weighted by Gasteiger charge is 2.37. The van der Waals surface area contributed by atoms with Gasteiger partial charge in [0.15, 0.2) is 11.4 Å². The number of pyridine rings is 1. The Morgan fingerprint density at radius 1 is 1.25 bits per heavy atom. The Morgan fingerprint density at radius 2 is 2.00 bits per heavy atom. The number of ether oxygens (including phenoxy) is 2. The summed E-state index contributed by atoms with van der Waals surface area (Å²) in [5.74, 6) is 0.493. The number of alkyl halides is 3. The third kappa shape index (κ3) is 4.92. The molecule has 0 unspecified atom stereocenters. The Balaban J connectivity index is 1.53. The van der Waals surface area contributed by atoms with Crippen LogP contribution in [0.25, 0.3) is 0 Å². The van der Waals surface area contributed by atoms with Crippen molar-refractivity contribution in [3.05, 3.63) is 53.9 Å². The Labute approximate surface area is 160 Å². The normalized spacial score (nSPS) is 16.9. The molecule has 0 bridgehead atoms. The van der Waals surface area contributed by atoms with Crippen molar-refractivity contribution < 1.29 is 27.8 Å². The lowest BCUT2D eigenvalue weighted by Gasteiger charge is -2.20. The molecule has 0 amide bonds. The number of hydrogen-bond donors (Lipinski definition) is 2. The number of benzene rings is 1. The zero-order chi connectivity index (χ0) is 20.1. The summed E-state index contributed by atoms with van der Waals surface area (Å²) in [5.41, 5.74) is -0.284. The largest absolute Gasteiger partial charge is 0.486 e. The van der Waals surface area contributed by atoms with Crippen LogP contribution in [0.2, 0.25) is 0 Å². The van der Waals surface area contributed by atoms with Crippen LogP contribution in [0.15, 0.2) is 42.6 Å². The van der Waals surface area contributed by atoms with E-state index in [-0.39, 0.29) is 24.8 Å². The van der Waals surface area contributed by atoms with Gasteiger partial charge in [-0.3, -0.25) is 5.41 Å². The van der Waals surface area contributed by atoms with E-state index in [2.05, 4.69) is 4.98 Å². The second-order valence-corrected chi connectivity index (χ2v) is 6.36. The lowest BCUT2D eigenvalue weighted by atomic mass is 10.2. The Bertz CT molecular complexity index is 812. The lowest BCUT2D eigenvalue weighted by Crippen LogP contribution is -2.34. The fraction of sp³-hybridized carbons (Fsp3) is 0.368. The van der Waals surface area contributed by atoms with Crippen LogP contribution >= 0.6 is 0 Å². The van der Waals surface area contributed by atoms with E-state index in [1.807, 2.05) is 0 Å². The van der Waals surface area contributed by atoms with Crippen LogP contribution in [0.4, 0.5) is 13.2 Å². The van der Waals surface area contributed by atoms with E-state index in [0.717, 1.165) is 11.8 Å². The molecule has 2 heterocycles. The highest BCUT2D eigenvalue weighted by Crippen LogP contribution is 2.35. The predicted octanol–water partition coefficient (Wildman–Crippen LogP) is 3.10. The molecule has 28 heavy (non-hydrogen) atoms. The van der Waals surface area contributed by atoms with Gasteiger partial charge in [-0.1, -0.05) is 12.1 Å². The van der Waals surface area contributed by atoms with Crippen molar-refractivity contribution in [2.75, 3.05) is 19.7 Å². The Hall–Kier alpha value is -2.81. The van der Waals surface area contributed by atoms with Crippen molar-refractivity contribution >= 4 is 5.84 Å². The average molecular weight is 395 g/mol. The molecule has 1 saturated heterocycles. The summed E-state index contributed by atoms with van der Waals surface area (Å²) in [6.07, 6.45) is -3.47. The number of likely N-dealkylation sites (tertiary alicyclic amines) is 1. The summed E-state index contributed by atoms with van der Waals surface area (Å²) in [6, 6.07) is 9.51. The Morgan fingerprint density at radius 3 is 2.68 bits per heavy atom. The molecule has 1 aliphatic rings. The monoisotopic (exact) mass is 395 g/mol. The molecular formula is C19H20F3N3O3. The SMILES string of the molecule is N=C(COc1ccc(CO)cc1)N1CC[C@H](Oc2cccnc2C(F)(F)F)C1. The van der Waals surface area contributed by atoms with Gasteiger partial charge in [0.25, 0.3) is 0 Å². The van der Waals surface area contributed by atoms with Crippen LogP contribution in [0, 0.1) is 5.41 Å². The maximum absolute atomic E-state index is 13.0. The first-order valence-corrected chi connectivity index (χ1v) is 8.70. The third-order valence-electron chi connectivity index (χ3n) is 4.34. The number of aromatic nitrogens is 1. The van der Waals surface area contributed by atoms with Gasteiger partial charge in [-0.2, -0.15) is 13.2 Å². The summed E-state index contributed by atoms with van der Waals surface area (Å²) in [6.45, 7) is 0.778. The van der Waals surface area contributed by atoms with Crippen molar-refractivity contribution in [3.63, 3.8) is 0 Å². The zero-order valence-corrected chi connectivity index (χ0v) is 14.9. The van der Waals surface area contributed by atoms with Crippen LogP contribution in [0.3, 0.4) is 0 Å². The fourth-order valence-electron chi connectivity index (χ4n) is 2.88. The van der Waals surface area contributed by atoms with E-state index >= 15 is 0 Å². The standard InChI is InChI=1S/C19H20F3N3O3/c20-19(21,22)18-16(2-1-8-24-18)28-15-7-9-25(10-15)17(23)12-27-14-5-3-13(11-26)4-6-14/h1-6,8,15,23,26H,7,9-12H2/t15-/m0/s1. The van der Waals surface area contributed by atoms with Gasteiger partial charge in [0, 0.05) is 19.2 Å². The number of amidine groups is 1. The van der Waals surface area contributed by atoms with Crippen molar-refractivity contribution in [1.82, 2.24) is 9.88 Å². The first-order chi connectivity index (χ1) is 13.4. The molecular weight excluding hydrogens is 375 g/mol. The number of aliphatic hydroxyl groups excluding tert-OH is 1. The van der Waals surface area contributed by atoms with Gasteiger partial charge in [-0.15, -0.1) is 0 Å². The topological polar surface area (TPSA) is 78.7 Å². The first kappa shape index (κ1) is 19.9. The molecule has 3 rings (SSSR count). The van der Waals surface area contributed by atoms with Crippen molar-refractivity contribution in [2.24, 2.45) is 0 Å². The summed E-state index contributed by atoms with van der Waals surface area (Å²) in [7, 11) is 0. The van der Waals surface area contributed by atoms with E-state index in [0.29, 0.717) is 25.3 Å². The number of halogens is 3. The molecule has 1 aromatic heterocycles. The molecule has 150 valence electrons. The molecule has 2 N–H and O–H groups in total. The van der Waals surface area contributed by atoms with Gasteiger partial charge in [-0.25, -0.2) is 4.98 Å². The second kappa shape index (κ2) is 8.47. The van der Waals surface area contributed by atoms with E-state index in [1.165, 1.54) is 12.1 Å². The second-order valence-electron chi connectivity index (χ2n) is 6.36. The van der Waals surface area contributed by atoms with Crippen molar-refractivity contribution in [3.8, 4) is 11.5 Å². The highest BCUT2D eigenvalue weighted by atomic mass is 19.4. The molecule has 0 saturated carbocycles. The number of nitrogens with zero attached hydrogens (tertiary/aromatic N) is 2. The van der Waals surface area contributed by atoms with E-state index in [1.54, 1.807) is 29.2 Å². The number of rotatable bonds is 6. The van der Waals surface area contributed by atoms with Crippen LogP contribution in [-0.4, -0.2) is 46.6 Å². The molecule has 2 aromatic rings. The molecule has 0 radical (unpaired) electrons. The fourth-order valence-corrected chi connectivity index (χ4v) is 2.88. The quantitative estimate of drug-likeness (QED) is 0.581. The molecule has 1 atom stereocenters. The summed E-state index contributed by atoms with van der Waals surface area (Å²) < 4.78 is 50.1. The van der Waals surface area contributed by atoms with Gasteiger partial charge in [0.05, 0.1) is 13.2 Å². The minimum Gasteiger partial charge on any atom is -0.486 e. The van der Waals surface area contributed by atoms with Gasteiger partial charge in [0.2, 0.25) is 0 Å². The lowest BCUT2D eigenvalue weighted by molar-refractivity contribution is -0.142. The number of nitrogens with one attached hydrogen (secondary N) is 1. The van der Waals surface area contributed by atoms with Crippen LogP contribution in [0.1, 0.15) is 17.7 Å². The minimum absolute atomic E-state index is 0.0336. The maximum atomic E-state index is 13.0. The van der Waals surface area contributed by atoms with Crippen molar-refractivity contribution in [2.45, 2.75) is 25.3 Å². The van der Waals surface area contributed by atoms with Gasteiger partial charge >= 0.3 is 6.18 Å². The summed E-state index contributed by atoms with van der Waals surface area (Å²) >= 11 is 0. The van der Waals surface area contributed by atoms with Crippen LogP contribution < -0.4 is 9.47 Å². The van der Waals surface area contributed by atoms with Crippen LogP contribution in [0.5, 0.6) is 11.5 Å². The minimum atomic E-state index is -4.58. The zero-order valence-electron chi connectivity index (χ0n) is 14.9. The maximum Gasteiger partial charge on any atom is 0.437 e. The van der Waals surface area contributed by atoms with Gasteiger partial charge < -0.3 is 19.5 Å². The summed E-state index contributed by atoms with van der Waals surface area (Å²) in [4.78, 5) is 5.10. The number of hydrogen-bond acceptors (Lipinski definition) is 5. The average Bonchev–Trinajstić information content (AvgIpc) is 3.14. The van der Waals surface area contributed by atoms with Gasteiger partial charge in [0.1, 0.15) is 24.3 Å². The third-order valence-corrected chi connectivity index (χ3v) is 4.34. The van der Waals surface area contributed by atoms with E-state index < -0.39 is 18.0 Å². The molecule has 0 aliphatic carbocycles. The Kier molecular flexibility index (Phi) is 6.03. The summed E-state index contributed by atoms with van der Waals surface area (Å²) in [5, 5.41) is 17.2. The first-order valence-electron chi connectivity index (χ1n) is 8.70. The molecule has 1 aromatic carbocycles. The van der Waals surface area contributed by atoms with Crippen molar-refractivity contribution in [1.29, 1.82) is 5.41 Å². The highest BCUT2D eigenvalue weighted by molar-refractivity contribution is 5.81. The predicted molar refractivity (Wildman–Crippen MR) is 95.4 cm³/mol. The molecule has 6 nitrogen and oxygen atoms in total. The molecule has 1 aliphatic heterocycles. The molecule has 9 heteroatoms. The van der Waals surface area contributed by atoms with E-state index in [4.69, 9.17) is 20.0 Å². The van der Waals surface area contributed by atoms with Crippen LogP contribution in [-0.2, 0) is 12.8 Å². The molecule has 0 spiro atoms. The van der Waals surface area contributed by atoms with Gasteiger partial charge in [-0.05, 0) is 29.8 Å². The molecule has 1 fully saturated rings.